The molecule has 7 nitrogen and oxygen atoms in total. The number of carbonyl (C=O) groups excluding carboxylic acids is 2. The van der Waals surface area contributed by atoms with Crippen LogP contribution in [0, 0.1) is 0 Å². The molecule has 0 aromatic carbocycles. The van der Waals surface area contributed by atoms with Crippen molar-refractivity contribution >= 4 is 11.9 Å². The summed E-state index contributed by atoms with van der Waals surface area (Å²) in [6, 6.07) is 0. The van der Waals surface area contributed by atoms with Crippen LogP contribution in [0.2, 0.25) is 0 Å². The molecular formula is C11H18O7. The molecule has 18 heavy (non-hydrogen) atoms. The summed E-state index contributed by atoms with van der Waals surface area (Å²) in [5.74, 6) is -1.09. The number of aliphatic hydroxyl groups excluding tert-OH is 1. The first-order valence-corrected chi connectivity index (χ1v) is 5.57. The van der Waals surface area contributed by atoms with E-state index in [-0.39, 0.29) is 0 Å². The zero-order valence-electron chi connectivity index (χ0n) is 10.8. The van der Waals surface area contributed by atoms with Gasteiger partial charge in [0.05, 0.1) is 6.10 Å². The van der Waals surface area contributed by atoms with Gasteiger partial charge >= 0.3 is 11.9 Å². The molecule has 0 amide bonds. The summed E-state index contributed by atoms with van der Waals surface area (Å²) in [5, 5.41) is 9.72. The average molecular weight is 262 g/mol. The van der Waals surface area contributed by atoms with Gasteiger partial charge in [0, 0.05) is 21.0 Å². The number of esters is 2. The first kappa shape index (κ1) is 14.9. The zero-order valence-corrected chi connectivity index (χ0v) is 10.8. The van der Waals surface area contributed by atoms with Gasteiger partial charge in [-0.05, 0) is 6.92 Å². The number of ether oxygens (including phenoxy) is 4. The van der Waals surface area contributed by atoms with E-state index >= 15 is 0 Å². The highest BCUT2D eigenvalue weighted by Crippen LogP contribution is 2.26. The third kappa shape index (κ3) is 3.41. The molecule has 0 aromatic rings. The highest BCUT2D eigenvalue weighted by atomic mass is 16.7. The van der Waals surface area contributed by atoms with Gasteiger partial charge in [0.1, 0.15) is 6.10 Å². The molecule has 0 spiro atoms. The maximum atomic E-state index is 11.0. The van der Waals surface area contributed by atoms with Gasteiger partial charge in [0.2, 0.25) is 0 Å². The molecule has 7 heteroatoms. The summed E-state index contributed by atoms with van der Waals surface area (Å²) >= 11 is 0. The van der Waals surface area contributed by atoms with Crippen LogP contribution in [0.15, 0.2) is 0 Å². The fourth-order valence-electron chi connectivity index (χ4n) is 1.93. The number of carbonyl (C=O) groups is 2. The van der Waals surface area contributed by atoms with Gasteiger partial charge in [-0.2, -0.15) is 0 Å². The summed E-state index contributed by atoms with van der Waals surface area (Å²) < 4.78 is 20.3. The summed E-state index contributed by atoms with van der Waals surface area (Å²) in [7, 11) is 1.38. The van der Waals surface area contributed by atoms with E-state index in [1.807, 2.05) is 0 Å². The van der Waals surface area contributed by atoms with E-state index in [9.17, 15) is 14.7 Å². The normalized spacial score (nSPS) is 35.9. The maximum Gasteiger partial charge on any atom is 0.303 e. The highest BCUT2D eigenvalue weighted by Gasteiger charge is 2.47. The first-order chi connectivity index (χ1) is 8.36. The van der Waals surface area contributed by atoms with Crippen molar-refractivity contribution in [2.45, 2.75) is 51.5 Å². The Bertz CT molecular complexity index is 289. The van der Waals surface area contributed by atoms with E-state index in [1.54, 1.807) is 6.92 Å². The second-order valence-corrected chi connectivity index (χ2v) is 4.08. The number of hydrogen-bond donors (Lipinski definition) is 1. The Kier molecular flexibility index (Phi) is 5.06. The van der Waals surface area contributed by atoms with Gasteiger partial charge in [0.25, 0.3) is 0 Å². The van der Waals surface area contributed by atoms with Crippen molar-refractivity contribution < 1.29 is 33.6 Å². The standard InChI is InChI=1S/C11H18O7/c1-5-8(17-6(2)12)9(15-4)10(11(14)16-5)18-7(3)13/h5,8-11,14H,1-4H3/t5-,8+,9+,10+,11-/m0/s1. The van der Waals surface area contributed by atoms with Crippen molar-refractivity contribution in [3.8, 4) is 0 Å². The Morgan fingerprint density at radius 1 is 1.06 bits per heavy atom. The van der Waals surface area contributed by atoms with E-state index in [4.69, 9.17) is 18.9 Å². The van der Waals surface area contributed by atoms with Crippen molar-refractivity contribution in [1.82, 2.24) is 0 Å². The Morgan fingerprint density at radius 3 is 2.00 bits per heavy atom. The van der Waals surface area contributed by atoms with E-state index in [2.05, 4.69) is 0 Å². The zero-order chi connectivity index (χ0) is 13.9. The molecule has 1 N–H and O–H groups in total. The van der Waals surface area contributed by atoms with E-state index < -0.39 is 42.6 Å². The SMILES string of the molecule is CO[C@H]1[C@@H](OC(C)=O)[C@@H](O)O[C@@H](C)[C@H]1OC(C)=O. The average Bonchev–Trinajstić information content (AvgIpc) is 2.24. The molecule has 1 aliphatic heterocycles. The largest absolute Gasteiger partial charge is 0.457 e. The quantitative estimate of drug-likeness (QED) is 0.692. The fraction of sp³-hybridized carbons (Fsp3) is 0.818. The monoisotopic (exact) mass is 262 g/mol. The van der Waals surface area contributed by atoms with Crippen LogP contribution < -0.4 is 0 Å². The first-order valence-electron chi connectivity index (χ1n) is 5.57. The lowest BCUT2D eigenvalue weighted by atomic mass is 9.99. The minimum absolute atomic E-state index is 0.504. The van der Waals surface area contributed by atoms with Crippen molar-refractivity contribution in [1.29, 1.82) is 0 Å². The summed E-state index contributed by atoms with van der Waals surface area (Å²) in [4.78, 5) is 22.0. The minimum atomic E-state index is -1.32. The molecule has 1 rings (SSSR count). The highest BCUT2D eigenvalue weighted by molar-refractivity contribution is 5.67. The smallest absolute Gasteiger partial charge is 0.303 e. The molecule has 1 aliphatic rings. The van der Waals surface area contributed by atoms with Crippen LogP contribution in [0.25, 0.3) is 0 Å². The topological polar surface area (TPSA) is 91.3 Å². The predicted octanol–water partition coefficient (Wildman–Crippen LogP) is -0.398. The minimum Gasteiger partial charge on any atom is -0.457 e. The Morgan fingerprint density at radius 2 is 1.56 bits per heavy atom. The van der Waals surface area contributed by atoms with Gasteiger partial charge in [0.15, 0.2) is 18.5 Å². The number of aliphatic hydroxyl groups is 1. The van der Waals surface area contributed by atoms with Crippen LogP contribution in [-0.4, -0.2) is 54.9 Å². The van der Waals surface area contributed by atoms with Gasteiger partial charge in [-0.1, -0.05) is 0 Å². The molecule has 0 saturated carbocycles. The molecule has 1 fully saturated rings. The maximum absolute atomic E-state index is 11.0. The number of rotatable bonds is 3. The molecule has 104 valence electrons. The molecule has 0 unspecified atom stereocenters. The molecule has 0 bridgehead atoms. The molecule has 0 aromatic heterocycles. The Labute approximate surface area is 105 Å². The summed E-state index contributed by atoms with van der Waals surface area (Å²) in [6.45, 7) is 4.09. The Hall–Kier alpha value is -1.18. The lowest BCUT2D eigenvalue weighted by molar-refractivity contribution is -0.289. The van der Waals surface area contributed by atoms with Gasteiger partial charge in [-0.25, -0.2) is 0 Å². The van der Waals surface area contributed by atoms with Crippen LogP contribution in [0.5, 0.6) is 0 Å². The van der Waals surface area contributed by atoms with Crippen molar-refractivity contribution in [2.24, 2.45) is 0 Å². The third-order valence-corrected chi connectivity index (χ3v) is 2.62. The van der Waals surface area contributed by atoms with Crippen molar-refractivity contribution in [3.05, 3.63) is 0 Å². The molecule has 0 aliphatic carbocycles. The lowest BCUT2D eigenvalue weighted by Gasteiger charge is -2.41. The molecular weight excluding hydrogens is 244 g/mol. The van der Waals surface area contributed by atoms with Gasteiger partial charge < -0.3 is 24.1 Å². The van der Waals surface area contributed by atoms with Crippen molar-refractivity contribution in [2.75, 3.05) is 7.11 Å². The Balaban J connectivity index is 2.88. The third-order valence-electron chi connectivity index (χ3n) is 2.62. The number of methoxy groups -OCH3 is 1. The van der Waals surface area contributed by atoms with Crippen LogP contribution in [0.1, 0.15) is 20.8 Å². The van der Waals surface area contributed by atoms with E-state index in [0.717, 1.165) is 0 Å². The van der Waals surface area contributed by atoms with E-state index in [0.29, 0.717) is 0 Å². The molecule has 1 saturated heterocycles. The molecule has 1 heterocycles. The predicted molar refractivity (Wildman–Crippen MR) is 58.5 cm³/mol. The second kappa shape index (κ2) is 6.12. The summed E-state index contributed by atoms with van der Waals surface area (Å²) in [6.07, 6.45) is -4.45. The summed E-state index contributed by atoms with van der Waals surface area (Å²) in [5.41, 5.74) is 0. The van der Waals surface area contributed by atoms with Crippen molar-refractivity contribution in [3.63, 3.8) is 0 Å². The van der Waals surface area contributed by atoms with E-state index in [1.165, 1.54) is 21.0 Å². The van der Waals surface area contributed by atoms with Crippen LogP contribution in [-0.2, 0) is 28.5 Å². The fourth-order valence-corrected chi connectivity index (χ4v) is 1.93. The van der Waals surface area contributed by atoms with Gasteiger partial charge in [-0.3, -0.25) is 9.59 Å². The second-order valence-electron chi connectivity index (χ2n) is 4.08. The number of hydrogen-bond acceptors (Lipinski definition) is 7. The molecule has 0 radical (unpaired) electrons. The molecule has 5 atom stereocenters. The lowest BCUT2D eigenvalue weighted by Crippen LogP contribution is -2.59. The van der Waals surface area contributed by atoms with Crippen LogP contribution in [0.4, 0.5) is 0 Å². The van der Waals surface area contributed by atoms with Gasteiger partial charge in [-0.15, -0.1) is 0 Å². The van der Waals surface area contributed by atoms with Crippen LogP contribution >= 0.6 is 0 Å². The van der Waals surface area contributed by atoms with Crippen LogP contribution in [0.3, 0.4) is 0 Å².